The third kappa shape index (κ3) is 2.93. The van der Waals surface area contributed by atoms with E-state index in [0.29, 0.717) is 19.6 Å². The maximum absolute atomic E-state index is 11.2. The summed E-state index contributed by atoms with van der Waals surface area (Å²) in [7, 11) is -2.86. The third-order valence-electron chi connectivity index (χ3n) is 2.85. The molecule has 0 atom stereocenters. The molecule has 1 heterocycles. The summed E-state index contributed by atoms with van der Waals surface area (Å²) >= 11 is 0. The predicted octanol–water partition coefficient (Wildman–Crippen LogP) is -0.122. The van der Waals surface area contributed by atoms with Crippen molar-refractivity contribution in [2.45, 2.75) is 25.9 Å². The summed E-state index contributed by atoms with van der Waals surface area (Å²) in [6, 6.07) is 0. The van der Waals surface area contributed by atoms with E-state index in [1.54, 1.807) is 6.92 Å². The molecule has 1 rings (SSSR count). The van der Waals surface area contributed by atoms with E-state index in [-0.39, 0.29) is 11.5 Å². The highest BCUT2D eigenvalue weighted by molar-refractivity contribution is 7.91. The van der Waals surface area contributed by atoms with Crippen molar-refractivity contribution in [2.75, 3.05) is 31.1 Å². The van der Waals surface area contributed by atoms with Gasteiger partial charge in [0.25, 0.3) is 0 Å². The van der Waals surface area contributed by atoms with Crippen LogP contribution in [0, 0.1) is 0 Å². The van der Waals surface area contributed by atoms with Gasteiger partial charge < -0.3 is 5.11 Å². The van der Waals surface area contributed by atoms with Crippen LogP contribution in [0.5, 0.6) is 0 Å². The molecule has 0 amide bonds. The van der Waals surface area contributed by atoms with Gasteiger partial charge in [-0.2, -0.15) is 0 Å². The number of hydrogen-bond donors (Lipinski definition) is 1. The molecule has 1 aliphatic rings. The molecule has 1 N–H and O–H groups in total. The van der Waals surface area contributed by atoms with Gasteiger partial charge in [-0.15, -0.1) is 0 Å². The van der Waals surface area contributed by atoms with Crippen LogP contribution in [0.4, 0.5) is 0 Å². The lowest BCUT2D eigenvalue weighted by molar-refractivity contribution is -0.0966. The van der Waals surface area contributed by atoms with Crippen molar-refractivity contribution >= 4 is 9.84 Å². The first-order valence-corrected chi connectivity index (χ1v) is 6.88. The molecule has 0 aliphatic carbocycles. The van der Waals surface area contributed by atoms with Crippen LogP contribution in [-0.4, -0.2) is 55.2 Å². The molecule has 0 spiro atoms. The Labute approximate surface area is 85.8 Å². The Kier molecular flexibility index (Phi) is 3.55. The standard InChI is InChI=1S/C9H19NO3S/c1-3-9(11)7-10(8-9)5-6-14(12,13)4-2/h11H,3-8H2,1-2H3. The lowest BCUT2D eigenvalue weighted by Gasteiger charge is -2.46. The van der Waals surface area contributed by atoms with Gasteiger partial charge in [0.15, 0.2) is 9.84 Å². The van der Waals surface area contributed by atoms with Gasteiger partial charge in [-0.25, -0.2) is 8.42 Å². The van der Waals surface area contributed by atoms with Crippen LogP contribution in [0.1, 0.15) is 20.3 Å². The Morgan fingerprint density at radius 1 is 1.36 bits per heavy atom. The summed E-state index contributed by atoms with van der Waals surface area (Å²) in [5, 5.41) is 9.68. The zero-order chi connectivity index (χ0) is 10.8. The minimum atomic E-state index is -2.86. The van der Waals surface area contributed by atoms with Crippen LogP contribution in [0.25, 0.3) is 0 Å². The molecular weight excluding hydrogens is 202 g/mol. The second kappa shape index (κ2) is 4.16. The van der Waals surface area contributed by atoms with Gasteiger partial charge in [-0.05, 0) is 6.42 Å². The zero-order valence-electron chi connectivity index (χ0n) is 8.86. The average molecular weight is 221 g/mol. The molecule has 0 bridgehead atoms. The van der Waals surface area contributed by atoms with Crippen LogP contribution in [-0.2, 0) is 9.84 Å². The Bertz CT molecular complexity index is 280. The van der Waals surface area contributed by atoms with Gasteiger partial charge in [0.1, 0.15) is 0 Å². The summed E-state index contributed by atoms with van der Waals surface area (Å²) in [6.07, 6.45) is 0.740. The molecule has 4 nitrogen and oxygen atoms in total. The molecule has 1 saturated heterocycles. The minimum Gasteiger partial charge on any atom is -0.387 e. The number of aliphatic hydroxyl groups is 1. The van der Waals surface area contributed by atoms with Gasteiger partial charge in [-0.1, -0.05) is 13.8 Å². The van der Waals surface area contributed by atoms with Crippen molar-refractivity contribution in [3.8, 4) is 0 Å². The summed E-state index contributed by atoms with van der Waals surface area (Å²) in [4.78, 5) is 1.98. The maximum Gasteiger partial charge on any atom is 0.151 e. The number of hydrogen-bond acceptors (Lipinski definition) is 4. The van der Waals surface area contributed by atoms with Crippen molar-refractivity contribution < 1.29 is 13.5 Å². The average Bonchev–Trinajstić information content (AvgIpc) is 2.10. The lowest BCUT2D eigenvalue weighted by atomic mass is 9.92. The van der Waals surface area contributed by atoms with Gasteiger partial charge in [0, 0.05) is 25.4 Å². The second-order valence-electron chi connectivity index (χ2n) is 4.02. The van der Waals surface area contributed by atoms with E-state index in [9.17, 15) is 13.5 Å². The Hall–Kier alpha value is -0.130. The molecule has 0 aromatic carbocycles. The van der Waals surface area contributed by atoms with Crippen molar-refractivity contribution in [3.63, 3.8) is 0 Å². The first-order chi connectivity index (χ1) is 6.41. The SMILES string of the molecule is CCC1(O)CN(CCS(=O)(=O)CC)C1. The number of nitrogens with zero attached hydrogens (tertiary/aromatic N) is 1. The Morgan fingerprint density at radius 3 is 2.36 bits per heavy atom. The number of β-amino-alcohol motifs (C(OH)–C–C–N with tert-alkyl or cyclic N) is 1. The van der Waals surface area contributed by atoms with Crippen LogP contribution >= 0.6 is 0 Å². The van der Waals surface area contributed by atoms with Gasteiger partial charge >= 0.3 is 0 Å². The molecule has 0 aromatic heterocycles. The van der Waals surface area contributed by atoms with Crippen LogP contribution in [0.3, 0.4) is 0 Å². The smallest absolute Gasteiger partial charge is 0.151 e. The fourth-order valence-corrected chi connectivity index (χ4v) is 2.41. The molecule has 0 radical (unpaired) electrons. The first kappa shape index (κ1) is 11.9. The van der Waals surface area contributed by atoms with E-state index in [2.05, 4.69) is 0 Å². The number of sulfone groups is 1. The molecular formula is C9H19NO3S. The van der Waals surface area contributed by atoms with Crippen LogP contribution < -0.4 is 0 Å². The summed E-state index contributed by atoms with van der Waals surface area (Å²) in [5.41, 5.74) is -0.560. The lowest BCUT2D eigenvalue weighted by Crippen LogP contribution is -2.62. The van der Waals surface area contributed by atoms with E-state index < -0.39 is 15.4 Å². The van der Waals surface area contributed by atoms with Crippen molar-refractivity contribution in [2.24, 2.45) is 0 Å². The van der Waals surface area contributed by atoms with E-state index in [0.717, 1.165) is 6.42 Å². The molecule has 5 heteroatoms. The first-order valence-electron chi connectivity index (χ1n) is 5.06. The van der Waals surface area contributed by atoms with E-state index in [4.69, 9.17) is 0 Å². The molecule has 0 unspecified atom stereocenters. The van der Waals surface area contributed by atoms with Crippen LogP contribution in [0.15, 0.2) is 0 Å². The normalized spacial score (nSPS) is 21.9. The van der Waals surface area contributed by atoms with Crippen molar-refractivity contribution in [1.29, 1.82) is 0 Å². The molecule has 0 aromatic rings. The molecule has 1 fully saturated rings. The second-order valence-corrected chi connectivity index (χ2v) is 6.50. The number of likely N-dealkylation sites (tertiary alicyclic amines) is 1. The Balaban J connectivity index is 2.25. The summed E-state index contributed by atoms with van der Waals surface area (Å²) in [6.45, 7) is 5.39. The molecule has 84 valence electrons. The monoisotopic (exact) mass is 221 g/mol. The minimum absolute atomic E-state index is 0.207. The molecule has 1 aliphatic heterocycles. The molecule has 0 saturated carbocycles. The maximum atomic E-state index is 11.2. The fraction of sp³-hybridized carbons (Fsp3) is 1.00. The van der Waals surface area contributed by atoms with Gasteiger partial charge in [-0.3, -0.25) is 4.90 Å². The van der Waals surface area contributed by atoms with Crippen molar-refractivity contribution in [1.82, 2.24) is 4.90 Å². The summed E-state index contributed by atoms with van der Waals surface area (Å²) in [5.74, 6) is 0.419. The molecule has 14 heavy (non-hydrogen) atoms. The van der Waals surface area contributed by atoms with Crippen LogP contribution in [0.2, 0.25) is 0 Å². The summed E-state index contributed by atoms with van der Waals surface area (Å²) < 4.78 is 22.4. The van der Waals surface area contributed by atoms with E-state index in [1.165, 1.54) is 0 Å². The number of rotatable bonds is 5. The predicted molar refractivity (Wildman–Crippen MR) is 56.0 cm³/mol. The fourth-order valence-electron chi connectivity index (χ4n) is 1.58. The third-order valence-corrected chi connectivity index (χ3v) is 4.54. The van der Waals surface area contributed by atoms with Crippen molar-refractivity contribution in [3.05, 3.63) is 0 Å². The topological polar surface area (TPSA) is 57.6 Å². The van der Waals surface area contributed by atoms with Gasteiger partial charge in [0.2, 0.25) is 0 Å². The van der Waals surface area contributed by atoms with Gasteiger partial charge in [0.05, 0.1) is 11.4 Å². The quantitative estimate of drug-likeness (QED) is 0.703. The highest BCUT2D eigenvalue weighted by atomic mass is 32.2. The van der Waals surface area contributed by atoms with E-state index in [1.807, 2.05) is 11.8 Å². The largest absolute Gasteiger partial charge is 0.387 e. The van der Waals surface area contributed by atoms with E-state index >= 15 is 0 Å². The zero-order valence-corrected chi connectivity index (χ0v) is 9.68. The highest BCUT2D eigenvalue weighted by Crippen LogP contribution is 2.23. The highest BCUT2D eigenvalue weighted by Gasteiger charge is 2.39. The Morgan fingerprint density at radius 2 is 1.93 bits per heavy atom.